The molecule has 1 heterocycles. The quantitative estimate of drug-likeness (QED) is 0.845. The zero-order valence-electron chi connectivity index (χ0n) is 13.8. The second-order valence-electron chi connectivity index (χ2n) is 6.12. The Hall–Kier alpha value is -2.51. The monoisotopic (exact) mass is 354 g/mol. The number of benzene rings is 1. The van der Waals surface area contributed by atoms with E-state index in [9.17, 15) is 23.2 Å². The van der Waals surface area contributed by atoms with Crippen molar-refractivity contribution in [2.45, 2.75) is 32.2 Å². The number of amides is 2. The van der Waals surface area contributed by atoms with Crippen molar-refractivity contribution >= 4 is 17.8 Å². The Bertz CT molecular complexity index is 673. The van der Waals surface area contributed by atoms with Crippen LogP contribution in [-0.2, 0) is 14.4 Å². The lowest BCUT2D eigenvalue weighted by Crippen LogP contribution is -2.42. The largest absolute Gasteiger partial charge is 0.481 e. The molecule has 1 aromatic rings. The van der Waals surface area contributed by atoms with Crippen LogP contribution in [0.2, 0.25) is 0 Å². The molecule has 1 aliphatic heterocycles. The van der Waals surface area contributed by atoms with E-state index >= 15 is 0 Å². The lowest BCUT2D eigenvalue weighted by Gasteiger charge is -2.31. The highest BCUT2D eigenvalue weighted by Gasteiger charge is 2.29. The van der Waals surface area contributed by atoms with Crippen molar-refractivity contribution in [2.75, 3.05) is 13.1 Å². The van der Waals surface area contributed by atoms with E-state index in [0.29, 0.717) is 32.0 Å². The van der Waals surface area contributed by atoms with E-state index in [0.717, 1.165) is 6.07 Å². The number of hydrogen-bond acceptors (Lipinski definition) is 3. The summed E-state index contributed by atoms with van der Waals surface area (Å²) in [7, 11) is 0. The van der Waals surface area contributed by atoms with Gasteiger partial charge in [0, 0.05) is 31.6 Å². The summed E-state index contributed by atoms with van der Waals surface area (Å²) in [5, 5.41) is 11.5. The first kappa shape index (κ1) is 18.8. The number of piperidine rings is 1. The molecule has 2 rings (SSSR count). The summed E-state index contributed by atoms with van der Waals surface area (Å²) < 4.78 is 27.1. The first-order chi connectivity index (χ1) is 11.8. The van der Waals surface area contributed by atoms with Gasteiger partial charge in [0.05, 0.1) is 18.4 Å². The molecule has 25 heavy (non-hydrogen) atoms. The van der Waals surface area contributed by atoms with E-state index in [4.69, 9.17) is 5.11 Å². The van der Waals surface area contributed by atoms with Crippen LogP contribution >= 0.6 is 0 Å². The van der Waals surface area contributed by atoms with E-state index in [-0.39, 0.29) is 17.9 Å². The Labute approximate surface area is 143 Å². The second-order valence-corrected chi connectivity index (χ2v) is 6.12. The molecule has 1 aliphatic rings. The number of hydrogen-bond donors (Lipinski definition) is 2. The topological polar surface area (TPSA) is 86.7 Å². The van der Waals surface area contributed by atoms with Crippen molar-refractivity contribution in [3.63, 3.8) is 0 Å². The molecule has 6 nitrogen and oxygen atoms in total. The summed E-state index contributed by atoms with van der Waals surface area (Å²) in [5.41, 5.74) is 0.0328. The predicted molar refractivity (Wildman–Crippen MR) is 84.5 cm³/mol. The van der Waals surface area contributed by atoms with Gasteiger partial charge in [-0.2, -0.15) is 0 Å². The third kappa shape index (κ3) is 4.98. The summed E-state index contributed by atoms with van der Waals surface area (Å²) in [6, 6.07) is 2.06. The standard InChI is InChI=1S/C17H20F2N2O4/c1-10(22)20-15(13-3-2-12(18)8-14(13)19)9-16(23)21-6-4-11(5-7-21)17(24)25/h2-3,8,11,15H,4-7,9H2,1H3,(H,20,22)(H,24,25). The zero-order valence-corrected chi connectivity index (χ0v) is 13.8. The molecule has 1 saturated heterocycles. The SMILES string of the molecule is CC(=O)NC(CC(=O)N1CCC(C(=O)O)CC1)c1ccc(F)cc1F. The van der Waals surface area contributed by atoms with Crippen LogP contribution in [0, 0.1) is 17.6 Å². The molecule has 1 atom stereocenters. The second kappa shape index (κ2) is 8.04. The van der Waals surface area contributed by atoms with Gasteiger partial charge in [0.15, 0.2) is 0 Å². The van der Waals surface area contributed by atoms with Crippen LogP contribution in [0.4, 0.5) is 8.78 Å². The van der Waals surface area contributed by atoms with Gasteiger partial charge < -0.3 is 15.3 Å². The zero-order chi connectivity index (χ0) is 18.6. The fourth-order valence-electron chi connectivity index (χ4n) is 2.95. The van der Waals surface area contributed by atoms with Gasteiger partial charge in [-0.25, -0.2) is 8.78 Å². The molecule has 0 saturated carbocycles. The maximum atomic E-state index is 14.0. The van der Waals surface area contributed by atoms with Crippen LogP contribution in [-0.4, -0.2) is 40.9 Å². The lowest BCUT2D eigenvalue weighted by molar-refractivity contribution is -0.146. The molecule has 1 aromatic carbocycles. The molecule has 0 spiro atoms. The number of aliphatic carboxylic acids is 1. The molecule has 0 bridgehead atoms. The highest BCUT2D eigenvalue weighted by atomic mass is 19.1. The maximum absolute atomic E-state index is 14.0. The van der Waals surface area contributed by atoms with Crippen molar-refractivity contribution in [2.24, 2.45) is 5.92 Å². The minimum atomic E-state index is -0.914. The van der Waals surface area contributed by atoms with Gasteiger partial charge in [0.25, 0.3) is 0 Å². The van der Waals surface area contributed by atoms with Gasteiger partial charge in [0.2, 0.25) is 11.8 Å². The van der Waals surface area contributed by atoms with Gasteiger partial charge in [0.1, 0.15) is 11.6 Å². The van der Waals surface area contributed by atoms with E-state index in [2.05, 4.69) is 5.32 Å². The van der Waals surface area contributed by atoms with Crippen LogP contribution in [0.25, 0.3) is 0 Å². The van der Waals surface area contributed by atoms with Crippen LogP contribution in [0.15, 0.2) is 18.2 Å². The number of halogens is 2. The summed E-state index contributed by atoms with van der Waals surface area (Å²) in [5.74, 6) is -3.68. The predicted octanol–water partition coefficient (Wildman–Crippen LogP) is 1.86. The Kier molecular flexibility index (Phi) is 6.06. The molecule has 1 unspecified atom stereocenters. The van der Waals surface area contributed by atoms with Crippen molar-refractivity contribution in [3.05, 3.63) is 35.4 Å². The molecule has 2 amide bonds. The van der Waals surface area contributed by atoms with Gasteiger partial charge >= 0.3 is 5.97 Å². The molecule has 0 radical (unpaired) electrons. The Morgan fingerprint density at radius 3 is 2.44 bits per heavy atom. The normalized spacial score (nSPS) is 16.4. The van der Waals surface area contributed by atoms with Crippen molar-refractivity contribution in [1.82, 2.24) is 10.2 Å². The number of nitrogens with zero attached hydrogens (tertiary/aromatic N) is 1. The fourth-order valence-corrected chi connectivity index (χ4v) is 2.95. The molecule has 0 aliphatic carbocycles. The minimum Gasteiger partial charge on any atom is -0.481 e. The third-order valence-electron chi connectivity index (χ3n) is 4.29. The molecule has 2 N–H and O–H groups in total. The number of carboxylic acid groups (broad SMARTS) is 1. The van der Waals surface area contributed by atoms with Crippen molar-refractivity contribution in [3.8, 4) is 0 Å². The van der Waals surface area contributed by atoms with Crippen molar-refractivity contribution < 1.29 is 28.3 Å². The summed E-state index contributed by atoms with van der Waals surface area (Å²) in [4.78, 5) is 36.3. The minimum absolute atomic E-state index is 0.0328. The Balaban J connectivity index is 2.08. The molecule has 0 aromatic heterocycles. The fraction of sp³-hybridized carbons (Fsp3) is 0.471. The highest BCUT2D eigenvalue weighted by molar-refractivity contribution is 5.79. The van der Waals surface area contributed by atoms with E-state index in [1.54, 1.807) is 0 Å². The summed E-state index contributed by atoms with van der Waals surface area (Å²) in [6.07, 6.45) is 0.535. The first-order valence-electron chi connectivity index (χ1n) is 8.00. The van der Waals surface area contributed by atoms with Crippen LogP contribution in [0.5, 0.6) is 0 Å². The number of nitrogens with one attached hydrogen (secondary N) is 1. The van der Waals surface area contributed by atoms with Gasteiger partial charge in [-0.3, -0.25) is 14.4 Å². The van der Waals surface area contributed by atoms with Gasteiger partial charge in [-0.1, -0.05) is 6.07 Å². The number of carbonyl (C=O) groups is 3. The molecule has 136 valence electrons. The summed E-state index contributed by atoms with van der Waals surface area (Å²) >= 11 is 0. The number of rotatable bonds is 5. The first-order valence-corrected chi connectivity index (χ1v) is 8.00. The van der Waals surface area contributed by atoms with Gasteiger partial charge in [-0.05, 0) is 18.9 Å². The smallest absolute Gasteiger partial charge is 0.306 e. The number of carbonyl (C=O) groups excluding carboxylic acids is 2. The Morgan fingerprint density at radius 1 is 1.28 bits per heavy atom. The molecule has 1 fully saturated rings. The van der Waals surface area contributed by atoms with Crippen molar-refractivity contribution in [1.29, 1.82) is 0 Å². The lowest BCUT2D eigenvalue weighted by atomic mass is 9.96. The highest BCUT2D eigenvalue weighted by Crippen LogP contribution is 2.24. The maximum Gasteiger partial charge on any atom is 0.306 e. The molecular formula is C17H20F2N2O4. The summed E-state index contributed by atoms with van der Waals surface area (Å²) in [6.45, 7) is 1.85. The van der Waals surface area contributed by atoms with E-state index < -0.39 is 35.5 Å². The average Bonchev–Trinajstić information content (AvgIpc) is 2.54. The van der Waals surface area contributed by atoms with Gasteiger partial charge in [-0.15, -0.1) is 0 Å². The molecular weight excluding hydrogens is 334 g/mol. The number of likely N-dealkylation sites (tertiary alicyclic amines) is 1. The number of carboxylic acids is 1. The van der Waals surface area contributed by atoms with Crippen LogP contribution in [0.1, 0.15) is 37.8 Å². The Morgan fingerprint density at radius 2 is 1.92 bits per heavy atom. The van der Waals surface area contributed by atoms with Crippen LogP contribution < -0.4 is 5.32 Å². The van der Waals surface area contributed by atoms with E-state index in [1.807, 2.05) is 0 Å². The average molecular weight is 354 g/mol. The van der Waals surface area contributed by atoms with E-state index in [1.165, 1.54) is 17.9 Å². The molecule has 8 heteroatoms. The third-order valence-corrected chi connectivity index (χ3v) is 4.29. The van der Waals surface area contributed by atoms with Crippen LogP contribution in [0.3, 0.4) is 0 Å².